The molecule has 1 aromatic carbocycles. The molecule has 0 aliphatic carbocycles. The van der Waals surface area contributed by atoms with E-state index in [-0.39, 0.29) is 0 Å². The third-order valence-electron chi connectivity index (χ3n) is 2.51. The average Bonchev–Trinajstić information content (AvgIpc) is 2.80. The number of aryl methyl sites for hydroxylation is 1. The molecule has 0 fully saturated rings. The molecule has 0 atom stereocenters. The van der Waals surface area contributed by atoms with Gasteiger partial charge < -0.3 is 5.32 Å². The van der Waals surface area contributed by atoms with Gasteiger partial charge in [-0.15, -0.1) is 23.4 Å². The molecule has 2 rings (SSSR count). The zero-order chi connectivity index (χ0) is 12.8. The highest BCUT2D eigenvalue weighted by atomic mass is 32.2. The van der Waals surface area contributed by atoms with Crippen LogP contribution in [0.25, 0.3) is 0 Å². The van der Waals surface area contributed by atoms with Gasteiger partial charge in [-0.3, -0.25) is 4.68 Å². The largest absolute Gasteiger partial charge is 0.378 e. The Balaban J connectivity index is 2.04. The van der Waals surface area contributed by atoms with Crippen molar-refractivity contribution < 1.29 is 0 Å². The van der Waals surface area contributed by atoms with Gasteiger partial charge in [0.1, 0.15) is 0 Å². The molecule has 1 N–H and O–H groups in total. The van der Waals surface area contributed by atoms with Crippen molar-refractivity contribution in [3.8, 4) is 0 Å². The van der Waals surface area contributed by atoms with Crippen LogP contribution in [0.2, 0.25) is 0 Å². The Morgan fingerprint density at radius 1 is 1.44 bits per heavy atom. The first kappa shape index (κ1) is 12.7. The molecular formula is C13H16N4S. The van der Waals surface area contributed by atoms with Crippen LogP contribution in [0.15, 0.2) is 48.0 Å². The number of thioether (sulfide) groups is 1. The normalized spacial score (nSPS) is 10.3. The van der Waals surface area contributed by atoms with Crippen LogP contribution in [0.4, 0.5) is 5.69 Å². The molecule has 1 aromatic heterocycles. The lowest BCUT2D eigenvalue weighted by Crippen LogP contribution is -2.06. The van der Waals surface area contributed by atoms with E-state index in [0.717, 1.165) is 23.7 Å². The lowest BCUT2D eigenvalue weighted by atomic mass is 10.3. The summed E-state index contributed by atoms with van der Waals surface area (Å²) in [7, 11) is 1.89. The zero-order valence-corrected chi connectivity index (χ0v) is 11.2. The monoisotopic (exact) mass is 260 g/mol. The fourth-order valence-corrected chi connectivity index (χ4v) is 2.31. The lowest BCUT2D eigenvalue weighted by Gasteiger charge is -2.10. The number of benzene rings is 1. The summed E-state index contributed by atoms with van der Waals surface area (Å²) in [6, 6.07) is 8.26. The van der Waals surface area contributed by atoms with Crippen LogP contribution in [0.1, 0.15) is 5.69 Å². The van der Waals surface area contributed by atoms with Crippen molar-refractivity contribution in [1.82, 2.24) is 15.0 Å². The molecule has 1 heterocycles. The second kappa shape index (κ2) is 6.26. The minimum absolute atomic E-state index is 0.717. The van der Waals surface area contributed by atoms with E-state index in [1.54, 1.807) is 22.6 Å². The standard InChI is InChI=1S/C13H16N4S/c1-3-8-18-13-7-5-4-6-12(13)14-9-11-10-15-16-17(11)2/h3-7,10,14H,1,8-9H2,2H3. The van der Waals surface area contributed by atoms with Gasteiger partial charge in [0.25, 0.3) is 0 Å². The maximum Gasteiger partial charge on any atom is 0.0774 e. The second-order valence-corrected chi connectivity index (χ2v) is 4.86. The van der Waals surface area contributed by atoms with E-state index < -0.39 is 0 Å². The van der Waals surface area contributed by atoms with Crippen LogP contribution < -0.4 is 5.32 Å². The topological polar surface area (TPSA) is 42.7 Å². The number of para-hydroxylation sites is 1. The quantitative estimate of drug-likeness (QED) is 0.640. The molecule has 2 aromatic rings. The molecule has 18 heavy (non-hydrogen) atoms. The van der Waals surface area contributed by atoms with Crippen LogP contribution in [-0.4, -0.2) is 20.7 Å². The van der Waals surface area contributed by atoms with Crippen LogP contribution in [-0.2, 0) is 13.6 Å². The van der Waals surface area contributed by atoms with Crippen molar-refractivity contribution in [2.45, 2.75) is 11.4 Å². The Morgan fingerprint density at radius 2 is 2.28 bits per heavy atom. The van der Waals surface area contributed by atoms with Gasteiger partial charge in [-0.2, -0.15) is 0 Å². The van der Waals surface area contributed by atoms with Gasteiger partial charge in [0, 0.05) is 23.4 Å². The van der Waals surface area contributed by atoms with Gasteiger partial charge in [-0.25, -0.2) is 0 Å². The lowest BCUT2D eigenvalue weighted by molar-refractivity contribution is 0.683. The summed E-state index contributed by atoms with van der Waals surface area (Å²) < 4.78 is 1.77. The highest BCUT2D eigenvalue weighted by Gasteiger charge is 2.03. The minimum Gasteiger partial charge on any atom is -0.378 e. The molecule has 4 nitrogen and oxygen atoms in total. The summed E-state index contributed by atoms with van der Waals surface area (Å²) in [6.45, 7) is 4.46. The van der Waals surface area contributed by atoms with Gasteiger partial charge in [0.05, 0.1) is 18.4 Å². The summed E-state index contributed by atoms with van der Waals surface area (Å²) >= 11 is 1.77. The zero-order valence-electron chi connectivity index (χ0n) is 10.3. The molecule has 0 aliphatic heterocycles. The smallest absolute Gasteiger partial charge is 0.0774 e. The molecule has 0 radical (unpaired) electrons. The van der Waals surface area contributed by atoms with Crippen LogP contribution in [0.3, 0.4) is 0 Å². The van der Waals surface area contributed by atoms with Gasteiger partial charge in [-0.05, 0) is 12.1 Å². The van der Waals surface area contributed by atoms with Crippen molar-refractivity contribution in [3.63, 3.8) is 0 Å². The van der Waals surface area contributed by atoms with Crippen molar-refractivity contribution >= 4 is 17.4 Å². The van der Waals surface area contributed by atoms with Crippen molar-refractivity contribution in [2.75, 3.05) is 11.1 Å². The molecule has 0 bridgehead atoms. The highest BCUT2D eigenvalue weighted by Crippen LogP contribution is 2.27. The number of hydrogen-bond donors (Lipinski definition) is 1. The van der Waals surface area contributed by atoms with Gasteiger partial charge in [0.2, 0.25) is 0 Å². The highest BCUT2D eigenvalue weighted by molar-refractivity contribution is 7.99. The summed E-state index contributed by atoms with van der Waals surface area (Å²) in [4.78, 5) is 1.23. The molecule has 5 heteroatoms. The Bertz CT molecular complexity index is 521. The number of anilines is 1. The van der Waals surface area contributed by atoms with Gasteiger partial charge in [-0.1, -0.05) is 23.4 Å². The van der Waals surface area contributed by atoms with E-state index in [9.17, 15) is 0 Å². The Hall–Kier alpha value is -1.75. The third-order valence-corrected chi connectivity index (χ3v) is 3.58. The van der Waals surface area contributed by atoms with Crippen LogP contribution >= 0.6 is 11.8 Å². The predicted octanol–water partition coefficient (Wildman–Crippen LogP) is 2.71. The molecule has 0 aliphatic rings. The number of hydrogen-bond acceptors (Lipinski definition) is 4. The number of rotatable bonds is 6. The maximum atomic E-state index is 3.91. The number of aromatic nitrogens is 3. The van der Waals surface area contributed by atoms with E-state index in [4.69, 9.17) is 0 Å². The van der Waals surface area contributed by atoms with Crippen molar-refractivity contribution in [3.05, 3.63) is 48.8 Å². The molecule has 0 spiro atoms. The predicted molar refractivity (Wildman–Crippen MR) is 75.7 cm³/mol. The fourth-order valence-electron chi connectivity index (χ4n) is 1.54. The first-order chi connectivity index (χ1) is 8.81. The number of nitrogens with zero attached hydrogens (tertiary/aromatic N) is 3. The van der Waals surface area contributed by atoms with E-state index in [2.05, 4.69) is 34.3 Å². The first-order valence-electron chi connectivity index (χ1n) is 5.71. The van der Waals surface area contributed by atoms with E-state index >= 15 is 0 Å². The summed E-state index contributed by atoms with van der Waals surface area (Å²) in [5, 5.41) is 11.2. The van der Waals surface area contributed by atoms with E-state index in [1.165, 1.54) is 4.90 Å². The van der Waals surface area contributed by atoms with Crippen LogP contribution in [0.5, 0.6) is 0 Å². The Kier molecular flexibility index (Phi) is 4.41. The van der Waals surface area contributed by atoms with E-state index in [0.29, 0.717) is 0 Å². The maximum absolute atomic E-state index is 3.91. The third kappa shape index (κ3) is 3.13. The Labute approximate surface area is 111 Å². The molecule has 94 valence electrons. The molecule has 0 unspecified atom stereocenters. The molecular weight excluding hydrogens is 244 g/mol. The summed E-state index contributed by atoms with van der Waals surface area (Å²) in [5.74, 6) is 0.909. The van der Waals surface area contributed by atoms with Crippen molar-refractivity contribution in [2.24, 2.45) is 7.05 Å². The van der Waals surface area contributed by atoms with Gasteiger partial charge >= 0.3 is 0 Å². The van der Waals surface area contributed by atoms with Gasteiger partial charge in [0.15, 0.2) is 0 Å². The molecule has 0 amide bonds. The average molecular weight is 260 g/mol. The molecule has 0 saturated carbocycles. The van der Waals surface area contributed by atoms with E-state index in [1.807, 2.05) is 25.3 Å². The second-order valence-electron chi connectivity index (χ2n) is 3.80. The Morgan fingerprint density at radius 3 is 3.00 bits per heavy atom. The SMILES string of the molecule is C=CCSc1ccccc1NCc1cnnn1C. The van der Waals surface area contributed by atoms with Crippen LogP contribution in [0, 0.1) is 0 Å². The minimum atomic E-state index is 0.717. The fraction of sp³-hybridized carbons (Fsp3) is 0.231. The summed E-state index contributed by atoms with van der Waals surface area (Å²) in [5.41, 5.74) is 2.18. The molecule has 0 saturated heterocycles. The first-order valence-corrected chi connectivity index (χ1v) is 6.70. The summed E-state index contributed by atoms with van der Waals surface area (Å²) in [6.07, 6.45) is 3.68. The van der Waals surface area contributed by atoms with Crippen molar-refractivity contribution in [1.29, 1.82) is 0 Å². The number of nitrogens with one attached hydrogen (secondary N) is 1.